The van der Waals surface area contributed by atoms with E-state index < -0.39 is 0 Å². The molecule has 1 saturated carbocycles. The monoisotopic (exact) mass is 456 g/mol. The smallest absolute Gasteiger partial charge is 0.257 e. The highest BCUT2D eigenvalue weighted by atomic mass is 16.1. The molecular weight excluding hydrogens is 428 g/mol. The highest BCUT2D eigenvalue weighted by Crippen LogP contribution is 2.31. The first-order valence-corrected chi connectivity index (χ1v) is 11.9. The minimum atomic E-state index is -0.250. The van der Waals surface area contributed by atoms with Crippen molar-refractivity contribution in [3.63, 3.8) is 0 Å². The molecule has 1 saturated heterocycles. The van der Waals surface area contributed by atoms with Crippen molar-refractivity contribution in [1.29, 1.82) is 0 Å². The lowest BCUT2D eigenvalue weighted by Gasteiger charge is -2.34. The lowest BCUT2D eigenvalue weighted by molar-refractivity contribution is 0.102. The van der Waals surface area contributed by atoms with Gasteiger partial charge in [0.25, 0.3) is 5.91 Å². The quantitative estimate of drug-likeness (QED) is 0.423. The van der Waals surface area contributed by atoms with Crippen LogP contribution in [0.15, 0.2) is 42.9 Å². The molecule has 2 fully saturated rings. The number of nitrogens with one attached hydrogen (secondary N) is 2. The Bertz CT molecular complexity index is 1380. The maximum absolute atomic E-state index is 13.3. The van der Waals surface area contributed by atoms with E-state index in [0.29, 0.717) is 34.1 Å². The van der Waals surface area contributed by atoms with Gasteiger partial charge in [-0.3, -0.25) is 4.79 Å². The molecule has 34 heavy (non-hydrogen) atoms. The van der Waals surface area contributed by atoms with Crippen LogP contribution < -0.4 is 21.3 Å². The van der Waals surface area contributed by atoms with Crippen molar-refractivity contribution in [3.8, 4) is 0 Å². The number of nitrogens with zero attached hydrogens (tertiary/aromatic N) is 5. The van der Waals surface area contributed by atoms with Gasteiger partial charge in [-0.25, -0.2) is 4.98 Å². The van der Waals surface area contributed by atoms with Gasteiger partial charge in [0.2, 0.25) is 0 Å². The van der Waals surface area contributed by atoms with Crippen LogP contribution in [0.1, 0.15) is 41.7 Å². The van der Waals surface area contributed by atoms with E-state index in [0.717, 1.165) is 48.7 Å². The molecule has 2 aliphatic rings. The lowest BCUT2D eigenvalue weighted by Crippen LogP contribution is -2.43. The molecule has 0 spiro atoms. The Hall–Kier alpha value is -3.72. The number of fused-ring (bicyclic) bond motifs is 2. The molecule has 4 aromatic rings. The molecule has 4 heterocycles. The number of carbonyl (C=O) groups excluding carboxylic acids is 1. The predicted molar refractivity (Wildman–Crippen MR) is 133 cm³/mol. The third kappa shape index (κ3) is 3.92. The number of aromatic nitrogens is 4. The summed E-state index contributed by atoms with van der Waals surface area (Å²) in [5.41, 5.74) is 11.0. The zero-order valence-electron chi connectivity index (χ0n) is 19.2. The van der Waals surface area contributed by atoms with Crippen LogP contribution >= 0.6 is 0 Å². The maximum Gasteiger partial charge on any atom is 0.257 e. The van der Waals surface area contributed by atoms with Gasteiger partial charge in [0.1, 0.15) is 5.52 Å². The second-order valence-corrected chi connectivity index (χ2v) is 9.38. The van der Waals surface area contributed by atoms with Crippen molar-refractivity contribution in [2.24, 2.45) is 0 Å². The molecule has 0 bridgehead atoms. The van der Waals surface area contributed by atoms with E-state index in [1.807, 2.05) is 41.9 Å². The van der Waals surface area contributed by atoms with Gasteiger partial charge in [-0.1, -0.05) is 0 Å². The predicted octanol–water partition coefficient (Wildman–Crippen LogP) is 3.14. The minimum Gasteiger partial charge on any atom is -0.396 e. The maximum atomic E-state index is 13.3. The number of rotatable bonds is 5. The molecule has 1 aliphatic carbocycles. The van der Waals surface area contributed by atoms with Crippen molar-refractivity contribution in [1.82, 2.24) is 24.9 Å². The first-order chi connectivity index (χ1) is 16.5. The van der Waals surface area contributed by atoms with E-state index in [4.69, 9.17) is 5.73 Å². The van der Waals surface area contributed by atoms with E-state index in [1.54, 1.807) is 12.3 Å². The summed E-state index contributed by atoms with van der Waals surface area (Å²) in [7, 11) is 0. The van der Waals surface area contributed by atoms with Gasteiger partial charge in [0, 0.05) is 48.6 Å². The molecule has 6 rings (SSSR count). The number of nitrogen functional groups attached to an aromatic ring is 1. The van der Waals surface area contributed by atoms with E-state index in [-0.39, 0.29) is 5.91 Å². The van der Waals surface area contributed by atoms with E-state index in [1.165, 1.54) is 12.8 Å². The molecule has 1 aromatic carbocycles. The summed E-state index contributed by atoms with van der Waals surface area (Å²) in [4.78, 5) is 20.1. The number of carbonyl (C=O) groups is 1. The average Bonchev–Trinajstić information content (AvgIpc) is 3.57. The number of hydrogen-bond acceptors (Lipinski definition) is 7. The minimum absolute atomic E-state index is 0.250. The Labute approximate surface area is 197 Å². The van der Waals surface area contributed by atoms with Crippen LogP contribution in [0.5, 0.6) is 0 Å². The largest absolute Gasteiger partial charge is 0.396 e. The highest BCUT2D eigenvalue weighted by molar-refractivity contribution is 6.13. The molecule has 174 valence electrons. The number of benzene rings is 1. The van der Waals surface area contributed by atoms with Crippen LogP contribution in [-0.2, 0) is 0 Å². The fourth-order valence-electron chi connectivity index (χ4n) is 4.91. The van der Waals surface area contributed by atoms with Crippen LogP contribution in [-0.4, -0.2) is 50.7 Å². The van der Waals surface area contributed by atoms with Gasteiger partial charge in [-0.05, 0) is 56.9 Å². The van der Waals surface area contributed by atoms with Gasteiger partial charge in [-0.15, -0.1) is 5.10 Å². The van der Waals surface area contributed by atoms with Crippen LogP contribution in [0.25, 0.3) is 16.6 Å². The molecular formula is C25H28N8O. The third-order valence-electron chi connectivity index (χ3n) is 6.75. The fourth-order valence-corrected chi connectivity index (χ4v) is 4.91. The standard InChI is InChI=1S/C25H28N8O/c1-15-13-33-14-18(12-21(26)24(33)28-15)30-25(34)20-4-5-22(19-6-9-27-31-23(19)20)32-10-7-17(8-11-32)29-16-2-3-16/h4-6,9,12-14,16-17,29H,2-3,7-8,10-11,26H2,1H3,(H,30,34). The second-order valence-electron chi connectivity index (χ2n) is 9.38. The number of hydrogen-bond donors (Lipinski definition) is 3. The first-order valence-electron chi connectivity index (χ1n) is 11.9. The summed E-state index contributed by atoms with van der Waals surface area (Å²) in [5.74, 6) is -0.250. The molecule has 1 aliphatic heterocycles. The van der Waals surface area contributed by atoms with Crippen LogP contribution in [0.3, 0.4) is 0 Å². The number of amides is 1. The van der Waals surface area contributed by atoms with Crippen molar-refractivity contribution < 1.29 is 4.79 Å². The Kier molecular flexibility index (Phi) is 5.06. The lowest BCUT2D eigenvalue weighted by atomic mass is 10.0. The molecule has 0 unspecified atom stereocenters. The van der Waals surface area contributed by atoms with Gasteiger partial charge < -0.3 is 25.7 Å². The van der Waals surface area contributed by atoms with Crippen molar-refractivity contribution in [2.45, 2.75) is 44.7 Å². The summed E-state index contributed by atoms with van der Waals surface area (Å²) in [6.07, 6.45) is 10.2. The van der Waals surface area contributed by atoms with Crippen LogP contribution in [0, 0.1) is 6.92 Å². The Balaban J connectivity index is 1.26. The van der Waals surface area contributed by atoms with Gasteiger partial charge in [0.05, 0.1) is 28.8 Å². The molecule has 9 nitrogen and oxygen atoms in total. The number of anilines is 3. The first kappa shape index (κ1) is 20.9. The summed E-state index contributed by atoms with van der Waals surface area (Å²) < 4.78 is 1.82. The number of nitrogens with two attached hydrogens (primary N) is 1. The Morgan fingerprint density at radius 2 is 1.88 bits per heavy atom. The summed E-state index contributed by atoms with van der Waals surface area (Å²) in [6.45, 7) is 3.87. The third-order valence-corrected chi connectivity index (χ3v) is 6.75. The molecule has 3 aromatic heterocycles. The Morgan fingerprint density at radius 1 is 1.09 bits per heavy atom. The summed E-state index contributed by atoms with van der Waals surface area (Å²) >= 11 is 0. The van der Waals surface area contributed by atoms with E-state index in [9.17, 15) is 4.79 Å². The fraction of sp³-hybridized carbons (Fsp3) is 0.360. The normalized spacial score (nSPS) is 16.9. The molecule has 4 N–H and O–H groups in total. The van der Waals surface area contributed by atoms with Crippen molar-refractivity contribution >= 4 is 39.5 Å². The molecule has 0 radical (unpaired) electrons. The average molecular weight is 457 g/mol. The van der Waals surface area contributed by atoms with Crippen LogP contribution in [0.4, 0.5) is 17.1 Å². The van der Waals surface area contributed by atoms with Crippen molar-refractivity contribution in [3.05, 3.63) is 54.1 Å². The van der Waals surface area contributed by atoms with E-state index >= 15 is 0 Å². The zero-order chi connectivity index (χ0) is 23.2. The second kappa shape index (κ2) is 8.25. The highest BCUT2D eigenvalue weighted by Gasteiger charge is 2.28. The van der Waals surface area contributed by atoms with Crippen LogP contribution in [0.2, 0.25) is 0 Å². The summed E-state index contributed by atoms with van der Waals surface area (Å²) in [5, 5.41) is 16.1. The van der Waals surface area contributed by atoms with Gasteiger partial charge in [-0.2, -0.15) is 5.10 Å². The molecule has 1 amide bonds. The van der Waals surface area contributed by atoms with E-state index in [2.05, 4.69) is 30.7 Å². The zero-order valence-corrected chi connectivity index (χ0v) is 19.2. The number of aryl methyl sites for hydroxylation is 1. The van der Waals surface area contributed by atoms with Gasteiger partial charge in [0.15, 0.2) is 5.65 Å². The summed E-state index contributed by atoms with van der Waals surface area (Å²) in [6, 6.07) is 8.88. The number of pyridine rings is 1. The molecule has 9 heteroatoms. The van der Waals surface area contributed by atoms with Crippen molar-refractivity contribution in [2.75, 3.05) is 29.0 Å². The Morgan fingerprint density at radius 3 is 2.68 bits per heavy atom. The molecule has 0 atom stereocenters. The number of imidazole rings is 1. The SMILES string of the molecule is Cc1cn2cc(NC(=O)c3ccc(N4CCC(NC5CC5)CC4)c4ccnnc34)cc(N)c2n1. The number of piperidine rings is 1. The van der Waals surface area contributed by atoms with Gasteiger partial charge >= 0.3 is 0 Å². The topological polar surface area (TPSA) is 113 Å².